The number of hydrogen-bond donors (Lipinski definition) is 3. The van der Waals surface area contributed by atoms with E-state index in [0.29, 0.717) is 24.5 Å². The third kappa shape index (κ3) is 7.06. The Labute approximate surface area is 177 Å². The maximum absolute atomic E-state index is 11.9. The van der Waals surface area contributed by atoms with Crippen molar-refractivity contribution in [3.05, 3.63) is 48.5 Å². The Morgan fingerprint density at radius 1 is 1.10 bits per heavy atom. The number of benzene rings is 2. The zero-order chi connectivity index (χ0) is 22.1. The Morgan fingerprint density at radius 3 is 2.37 bits per heavy atom. The van der Waals surface area contributed by atoms with Crippen LogP contribution in [0.2, 0.25) is 0 Å². The highest BCUT2D eigenvalue weighted by Crippen LogP contribution is 2.34. The van der Waals surface area contributed by atoms with E-state index in [1.165, 1.54) is 18.2 Å². The summed E-state index contributed by atoms with van der Waals surface area (Å²) in [6.07, 6.45) is 0.822. The summed E-state index contributed by atoms with van der Waals surface area (Å²) < 4.78 is 11.3. The number of anilines is 1. The molecule has 0 aromatic heterocycles. The molecule has 0 aliphatic carbocycles. The van der Waals surface area contributed by atoms with Crippen molar-refractivity contribution in [1.29, 1.82) is 0 Å². The van der Waals surface area contributed by atoms with Crippen molar-refractivity contribution in [3.8, 4) is 0 Å². The number of likely N-dealkylation sites (N-methyl/N-ethyl adjacent to an activating group) is 1. The monoisotopic (exact) mass is 432 g/mol. The second-order valence-electron chi connectivity index (χ2n) is 6.96. The van der Waals surface area contributed by atoms with Crippen molar-refractivity contribution in [1.82, 2.24) is 5.32 Å². The highest BCUT2D eigenvalue weighted by molar-refractivity contribution is 7.60. The predicted octanol–water partition coefficient (Wildman–Crippen LogP) is 3.89. The molecule has 1 atom stereocenters. The third-order valence-electron chi connectivity index (χ3n) is 4.78. The largest absolute Gasteiger partial charge is 0.370 e. The summed E-state index contributed by atoms with van der Waals surface area (Å²) in [6, 6.07) is 13.4. The number of carbonyl (C=O) groups excluding carboxylic acids is 1. The van der Waals surface area contributed by atoms with Gasteiger partial charge in [-0.05, 0) is 55.8 Å². The number of amides is 1. The minimum Gasteiger partial charge on any atom is -0.370 e. The molecule has 162 valence electrons. The number of carbonyl (C=O) groups is 1. The summed E-state index contributed by atoms with van der Waals surface area (Å²) in [5.74, 6) is 0.0965. The molecule has 2 rings (SSSR count). The summed E-state index contributed by atoms with van der Waals surface area (Å²) in [5, 5.41) is 11.1. The molecule has 0 bridgehead atoms. The minimum atomic E-state index is -4.32. The van der Waals surface area contributed by atoms with Crippen LogP contribution in [0.15, 0.2) is 58.8 Å². The van der Waals surface area contributed by atoms with E-state index in [0.717, 1.165) is 18.7 Å². The van der Waals surface area contributed by atoms with Crippen LogP contribution in [0.1, 0.15) is 27.2 Å². The van der Waals surface area contributed by atoms with Crippen LogP contribution in [-0.2, 0) is 9.36 Å². The molecule has 0 aliphatic rings. The van der Waals surface area contributed by atoms with Crippen LogP contribution >= 0.6 is 7.60 Å². The molecule has 0 unspecified atom stereocenters. The van der Waals surface area contributed by atoms with E-state index in [4.69, 9.17) is 0 Å². The summed E-state index contributed by atoms with van der Waals surface area (Å²) in [6.45, 7) is 8.05. The van der Waals surface area contributed by atoms with E-state index in [-0.39, 0.29) is 17.1 Å². The van der Waals surface area contributed by atoms with Crippen molar-refractivity contribution < 1.29 is 19.1 Å². The van der Waals surface area contributed by atoms with E-state index in [1.807, 2.05) is 38.1 Å². The van der Waals surface area contributed by atoms with Crippen LogP contribution in [0.3, 0.4) is 0 Å². The molecule has 0 saturated carbocycles. The zero-order valence-electron chi connectivity index (χ0n) is 17.5. The highest BCUT2D eigenvalue weighted by Gasteiger charge is 2.16. The van der Waals surface area contributed by atoms with Gasteiger partial charge in [-0.2, -0.15) is 10.2 Å². The Kier molecular flexibility index (Phi) is 8.72. The topological polar surface area (TPSA) is 115 Å². The highest BCUT2D eigenvalue weighted by atomic mass is 31.2. The van der Waals surface area contributed by atoms with Crippen LogP contribution < -0.4 is 15.5 Å². The molecule has 9 heteroatoms. The number of nitrogens with zero attached hydrogens (tertiary/aromatic N) is 3. The van der Waals surface area contributed by atoms with E-state index < -0.39 is 7.60 Å². The van der Waals surface area contributed by atoms with Gasteiger partial charge >= 0.3 is 7.60 Å². The van der Waals surface area contributed by atoms with Gasteiger partial charge in [0.05, 0.1) is 16.7 Å². The third-order valence-corrected chi connectivity index (χ3v) is 5.74. The molecule has 8 nitrogen and oxygen atoms in total. The van der Waals surface area contributed by atoms with Gasteiger partial charge in [0.25, 0.3) is 0 Å². The number of hydrogen-bond acceptors (Lipinski definition) is 5. The standard InChI is InChI=1S/C21H29N4O4P/c1-4-16(3)21(26)22-13-14-25(5-2)19-11-9-17(10-12-19)23-24-18-7-6-8-20(15-18)30(27,28)29/h6-12,15-16H,4-5,13-14H2,1-3H3,(H,22,26)(H2,27,28,29)/t16-/m1/s1. The molecular formula is C21H29N4O4P. The SMILES string of the molecule is CC[C@@H](C)C(=O)NCCN(CC)c1ccc(N=Nc2cccc(P(=O)(O)O)c2)cc1. The van der Waals surface area contributed by atoms with Crippen LogP contribution in [0.4, 0.5) is 17.1 Å². The van der Waals surface area contributed by atoms with E-state index in [9.17, 15) is 19.1 Å². The minimum absolute atomic E-state index is 0.0205. The molecule has 0 heterocycles. The van der Waals surface area contributed by atoms with E-state index in [2.05, 4.69) is 27.4 Å². The van der Waals surface area contributed by atoms with Crippen molar-refractivity contribution in [3.63, 3.8) is 0 Å². The first-order valence-electron chi connectivity index (χ1n) is 9.95. The van der Waals surface area contributed by atoms with Crippen LogP contribution in [0, 0.1) is 5.92 Å². The Bertz CT molecular complexity index is 911. The lowest BCUT2D eigenvalue weighted by atomic mass is 10.1. The molecule has 3 N–H and O–H groups in total. The molecule has 30 heavy (non-hydrogen) atoms. The Balaban J connectivity index is 1.99. The molecule has 0 radical (unpaired) electrons. The maximum Gasteiger partial charge on any atom is 0.356 e. The molecule has 0 aliphatic heterocycles. The summed E-state index contributed by atoms with van der Waals surface area (Å²) in [7, 11) is -4.32. The van der Waals surface area contributed by atoms with E-state index in [1.54, 1.807) is 6.07 Å². The fraction of sp³-hybridized carbons (Fsp3) is 0.381. The van der Waals surface area contributed by atoms with Crippen molar-refractivity contribution in [2.75, 3.05) is 24.5 Å². The van der Waals surface area contributed by atoms with Crippen LogP contribution in [0.25, 0.3) is 0 Å². The Hall–Kier alpha value is -2.54. The normalized spacial score (nSPS) is 12.7. The number of azo groups is 1. The number of rotatable bonds is 10. The van der Waals surface area contributed by atoms with Crippen molar-refractivity contribution in [2.24, 2.45) is 16.1 Å². The molecule has 0 saturated heterocycles. The molecule has 2 aromatic carbocycles. The van der Waals surface area contributed by atoms with Crippen LogP contribution in [0.5, 0.6) is 0 Å². The Morgan fingerprint density at radius 2 is 1.77 bits per heavy atom. The average molecular weight is 432 g/mol. The fourth-order valence-corrected chi connectivity index (χ4v) is 3.31. The van der Waals surface area contributed by atoms with Gasteiger partial charge in [0, 0.05) is 31.2 Å². The van der Waals surface area contributed by atoms with Gasteiger partial charge in [-0.3, -0.25) is 9.36 Å². The lowest BCUT2D eigenvalue weighted by Gasteiger charge is -2.23. The van der Waals surface area contributed by atoms with Gasteiger partial charge in [0.1, 0.15) is 0 Å². The second-order valence-corrected chi connectivity index (χ2v) is 8.56. The van der Waals surface area contributed by atoms with Gasteiger partial charge in [-0.1, -0.05) is 19.9 Å². The summed E-state index contributed by atoms with van der Waals surface area (Å²) >= 11 is 0. The second kappa shape index (κ2) is 11.0. The lowest BCUT2D eigenvalue weighted by molar-refractivity contribution is -0.124. The fourth-order valence-electron chi connectivity index (χ4n) is 2.73. The molecule has 0 spiro atoms. The average Bonchev–Trinajstić information content (AvgIpc) is 2.74. The number of nitrogens with one attached hydrogen (secondary N) is 1. The first kappa shape index (κ1) is 23.7. The smallest absolute Gasteiger partial charge is 0.356 e. The van der Waals surface area contributed by atoms with Gasteiger partial charge in [0.15, 0.2) is 0 Å². The first-order valence-corrected chi connectivity index (χ1v) is 11.6. The predicted molar refractivity (Wildman–Crippen MR) is 119 cm³/mol. The quantitative estimate of drug-likeness (QED) is 0.389. The molecule has 0 fully saturated rings. The van der Waals surface area contributed by atoms with Gasteiger partial charge in [-0.15, -0.1) is 0 Å². The van der Waals surface area contributed by atoms with Crippen molar-refractivity contribution >= 4 is 35.9 Å². The summed E-state index contributed by atoms with van der Waals surface area (Å²) in [4.78, 5) is 32.5. The zero-order valence-corrected chi connectivity index (χ0v) is 18.4. The molecule has 2 aromatic rings. The van der Waals surface area contributed by atoms with Gasteiger partial charge in [0.2, 0.25) is 5.91 Å². The maximum atomic E-state index is 11.9. The lowest BCUT2D eigenvalue weighted by Crippen LogP contribution is -2.37. The first-order chi connectivity index (χ1) is 14.2. The van der Waals surface area contributed by atoms with Crippen molar-refractivity contribution in [2.45, 2.75) is 27.2 Å². The van der Waals surface area contributed by atoms with Gasteiger partial charge in [-0.25, -0.2) is 0 Å². The summed E-state index contributed by atoms with van der Waals surface area (Å²) in [5.41, 5.74) is 2.01. The molecule has 1 amide bonds. The van der Waals surface area contributed by atoms with E-state index >= 15 is 0 Å². The van der Waals surface area contributed by atoms with Crippen LogP contribution in [-0.4, -0.2) is 35.3 Å². The van der Waals surface area contributed by atoms with Gasteiger partial charge < -0.3 is 20.0 Å². The molecular weight excluding hydrogens is 403 g/mol.